The number of benzene rings is 1. The van der Waals surface area contributed by atoms with Crippen LogP contribution in [0.2, 0.25) is 0 Å². The number of aliphatic imine (C=N–C) groups is 1. The summed E-state index contributed by atoms with van der Waals surface area (Å²) in [7, 11) is -3.17. The largest absolute Gasteiger partial charge is 0.492 e. The van der Waals surface area contributed by atoms with Gasteiger partial charge in [0, 0.05) is 12.8 Å². The summed E-state index contributed by atoms with van der Waals surface area (Å²) in [6.07, 6.45) is 2.12. The van der Waals surface area contributed by atoms with Crippen LogP contribution in [0.3, 0.4) is 0 Å². The van der Waals surface area contributed by atoms with Crippen LogP contribution in [0.4, 0.5) is 0 Å². The van der Waals surface area contributed by atoms with Crippen LogP contribution < -0.4 is 15.8 Å². The molecule has 3 N–H and O–H groups in total. The van der Waals surface area contributed by atoms with Gasteiger partial charge in [-0.1, -0.05) is 6.92 Å². The smallest absolute Gasteiger partial charge is 0.188 e. The highest BCUT2D eigenvalue weighted by atomic mass is 127. The van der Waals surface area contributed by atoms with Crippen molar-refractivity contribution in [1.29, 1.82) is 0 Å². The van der Waals surface area contributed by atoms with Crippen LogP contribution in [-0.2, 0) is 9.84 Å². The van der Waals surface area contributed by atoms with Gasteiger partial charge in [-0.2, -0.15) is 0 Å². The van der Waals surface area contributed by atoms with E-state index in [-0.39, 0.29) is 28.9 Å². The average Bonchev–Trinajstić information content (AvgIpc) is 2.41. The molecule has 0 aromatic heterocycles. The Bertz CT molecular complexity index is 544. The Morgan fingerprint density at radius 2 is 1.95 bits per heavy atom. The molecule has 0 atom stereocenters. The van der Waals surface area contributed by atoms with Gasteiger partial charge in [-0.3, -0.25) is 4.99 Å². The van der Waals surface area contributed by atoms with Crippen LogP contribution in [-0.4, -0.2) is 40.3 Å². The van der Waals surface area contributed by atoms with Gasteiger partial charge in [0.25, 0.3) is 0 Å². The SMILES string of the molecule is CCCN=C(N)NCCOc1ccc(S(C)(=O)=O)cc1.I. The van der Waals surface area contributed by atoms with Gasteiger partial charge in [-0.25, -0.2) is 8.42 Å². The highest BCUT2D eigenvalue weighted by Gasteiger charge is 2.06. The molecule has 1 aromatic rings. The fraction of sp³-hybridized carbons (Fsp3) is 0.462. The number of guanidine groups is 1. The quantitative estimate of drug-likeness (QED) is 0.297. The molecular weight excluding hydrogens is 405 g/mol. The van der Waals surface area contributed by atoms with Crippen molar-refractivity contribution in [3.63, 3.8) is 0 Å². The van der Waals surface area contributed by atoms with E-state index in [0.29, 0.717) is 31.4 Å². The van der Waals surface area contributed by atoms with E-state index in [1.807, 2.05) is 6.92 Å². The number of ether oxygens (including phenoxy) is 1. The molecule has 0 bridgehead atoms. The third-order valence-electron chi connectivity index (χ3n) is 2.43. The number of nitrogens with one attached hydrogen (secondary N) is 1. The zero-order valence-electron chi connectivity index (χ0n) is 12.2. The summed E-state index contributed by atoms with van der Waals surface area (Å²) in [5, 5.41) is 2.93. The number of nitrogens with two attached hydrogens (primary N) is 1. The minimum Gasteiger partial charge on any atom is -0.492 e. The molecule has 0 saturated heterocycles. The Kier molecular flexibility index (Phi) is 9.34. The fourth-order valence-electron chi connectivity index (χ4n) is 1.42. The maximum Gasteiger partial charge on any atom is 0.188 e. The zero-order valence-corrected chi connectivity index (χ0v) is 15.4. The summed E-state index contributed by atoms with van der Waals surface area (Å²) in [6, 6.07) is 6.31. The molecule has 21 heavy (non-hydrogen) atoms. The number of sulfone groups is 1. The van der Waals surface area contributed by atoms with Gasteiger partial charge in [0.05, 0.1) is 11.4 Å². The highest BCUT2D eigenvalue weighted by molar-refractivity contribution is 14.0. The lowest BCUT2D eigenvalue weighted by Gasteiger charge is -2.08. The number of nitrogens with zero attached hydrogens (tertiary/aromatic N) is 1. The second-order valence-electron chi connectivity index (χ2n) is 4.29. The third kappa shape index (κ3) is 8.10. The van der Waals surface area contributed by atoms with Gasteiger partial charge in [-0.05, 0) is 30.7 Å². The number of hydrogen-bond donors (Lipinski definition) is 2. The molecule has 1 aromatic carbocycles. The highest BCUT2D eigenvalue weighted by Crippen LogP contribution is 2.15. The lowest BCUT2D eigenvalue weighted by atomic mass is 10.3. The first-order valence-corrected chi connectivity index (χ1v) is 8.29. The Morgan fingerprint density at radius 1 is 1.33 bits per heavy atom. The molecule has 0 heterocycles. The molecule has 8 heteroatoms. The molecule has 0 saturated carbocycles. The van der Waals surface area contributed by atoms with E-state index in [4.69, 9.17) is 10.5 Å². The van der Waals surface area contributed by atoms with E-state index in [0.717, 1.165) is 6.42 Å². The van der Waals surface area contributed by atoms with Crippen LogP contribution in [0.1, 0.15) is 13.3 Å². The summed E-state index contributed by atoms with van der Waals surface area (Å²) in [6.45, 7) is 3.68. The Morgan fingerprint density at radius 3 is 2.48 bits per heavy atom. The van der Waals surface area contributed by atoms with Gasteiger partial charge >= 0.3 is 0 Å². The second-order valence-corrected chi connectivity index (χ2v) is 6.30. The molecule has 0 amide bonds. The first kappa shape index (κ1) is 20.0. The minimum atomic E-state index is -3.17. The van der Waals surface area contributed by atoms with Gasteiger partial charge in [0.2, 0.25) is 0 Å². The molecular formula is C13H22IN3O3S. The summed E-state index contributed by atoms with van der Waals surface area (Å²) < 4.78 is 28.0. The predicted octanol–water partition coefficient (Wildman–Crippen LogP) is 1.40. The van der Waals surface area contributed by atoms with Gasteiger partial charge in [0.1, 0.15) is 12.4 Å². The van der Waals surface area contributed by atoms with Crippen molar-refractivity contribution in [2.75, 3.05) is 26.0 Å². The average molecular weight is 427 g/mol. The normalized spacial score (nSPS) is 11.6. The molecule has 6 nitrogen and oxygen atoms in total. The van der Waals surface area contributed by atoms with Crippen LogP contribution in [0.15, 0.2) is 34.2 Å². The minimum absolute atomic E-state index is 0. The number of hydrogen-bond acceptors (Lipinski definition) is 4. The summed E-state index contributed by atoms with van der Waals surface area (Å²) in [4.78, 5) is 4.36. The molecule has 0 radical (unpaired) electrons. The lowest BCUT2D eigenvalue weighted by Crippen LogP contribution is -2.34. The van der Waals surface area contributed by atoms with Crippen molar-refractivity contribution in [2.45, 2.75) is 18.2 Å². The van der Waals surface area contributed by atoms with Gasteiger partial charge in [-0.15, -0.1) is 24.0 Å². The maximum atomic E-state index is 11.3. The molecule has 0 aliphatic heterocycles. The van der Waals surface area contributed by atoms with E-state index < -0.39 is 9.84 Å². The van der Waals surface area contributed by atoms with E-state index in [1.54, 1.807) is 12.1 Å². The lowest BCUT2D eigenvalue weighted by molar-refractivity contribution is 0.322. The summed E-state index contributed by atoms with van der Waals surface area (Å²) in [5.41, 5.74) is 5.62. The molecule has 1 rings (SSSR count). The topological polar surface area (TPSA) is 93.8 Å². The number of halogens is 1. The summed E-state index contributed by atoms with van der Waals surface area (Å²) in [5.74, 6) is 1.02. The predicted molar refractivity (Wildman–Crippen MR) is 95.2 cm³/mol. The monoisotopic (exact) mass is 427 g/mol. The van der Waals surface area contributed by atoms with Crippen LogP contribution in [0.25, 0.3) is 0 Å². The van der Waals surface area contributed by atoms with Crippen molar-refractivity contribution >= 4 is 39.8 Å². The molecule has 0 unspecified atom stereocenters. The van der Waals surface area contributed by atoms with Crippen molar-refractivity contribution in [1.82, 2.24) is 5.32 Å². The van der Waals surface area contributed by atoms with E-state index in [1.165, 1.54) is 18.4 Å². The first-order chi connectivity index (χ1) is 9.43. The van der Waals surface area contributed by atoms with Crippen molar-refractivity contribution < 1.29 is 13.2 Å². The van der Waals surface area contributed by atoms with Crippen LogP contribution in [0, 0.1) is 0 Å². The van der Waals surface area contributed by atoms with Crippen LogP contribution >= 0.6 is 24.0 Å². The van der Waals surface area contributed by atoms with Crippen molar-refractivity contribution in [3.05, 3.63) is 24.3 Å². The van der Waals surface area contributed by atoms with Crippen molar-refractivity contribution in [2.24, 2.45) is 10.7 Å². The van der Waals surface area contributed by atoms with Gasteiger partial charge in [0.15, 0.2) is 15.8 Å². The van der Waals surface area contributed by atoms with Gasteiger partial charge < -0.3 is 15.8 Å². The second kappa shape index (κ2) is 9.82. The molecule has 0 aliphatic carbocycles. The maximum absolute atomic E-state index is 11.3. The fourth-order valence-corrected chi connectivity index (χ4v) is 2.05. The van der Waals surface area contributed by atoms with Crippen molar-refractivity contribution in [3.8, 4) is 5.75 Å². The molecule has 0 aliphatic rings. The van der Waals surface area contributed by atoms with Crippen LogP contribution in [0.5, 0.6) is 5.75 Å². The molecule has 0 spiro atoms. The Balaban J connectivity index is 0.00000400. The first-order valence-electron chi connectivity index (χ1n) is 6.40. The van der Waals surface area contributed by atoms with E-state index in [9.17, 15) is 8.42 Å². The summed E-state index contributed by atoms with van der Waals surface area (Å²) >= 11 is 0. The third-order valence-corrected chi connectivity index (χ3v) is 3.56. The zero-order chi connectivity index (χ0) is 15.0. The molecule has 120 valence electrons. The Hall–Kier alpha value is -1.03. The molecule has 0 fully saturated rings. The standard InChI is InChI=1S/C13H21N3O3S.HI/c1-3-8-15-13(14)16-9-10-19-11-4-6-12(7-5-11)20(2,17)18;/h4-7H,3,8-10H2,1-2H3,(H3,14,15,16);1H. The van der Waals surface area contributed by atoms with E-state index >= 15 is 0 Å². The van der Waals surface area contributed by atoms with E-state index in [2.05, 4.69) is 10.3 Å². The number of rotatable bonds is 7. The Labute approximate surface area is 143 Å².